The van der Waals surface area contributed by atoms with Gasteiger partial charge < -0.3 is 27.9 Å². The predicted molar refractivity (Wildman–Crippen MR) is 365 cm³/mol. The number of phosphoric acid groups is 1. The number of rotatable bonds is 68. The summed E-state index contributed by atoms with van der Waals surface area (Å²) in [6.45, 7) is 4.19. The monoisotopic (exact) mass is 1210 g/mol. The third-order valence-electron chi connectivity index (χ3n) is 16.3. The molecule has 0 aliphatic rings. The van der Waals surface area contributed by atoms with Gasteiger partial charge in [0.25, 0.3) is 7.82 Å². The van der Waals surface area contributed by atoms with Crippen molar-refractivity contribution < 1.29 is 42.1 Å². The number of carbonyl (C=O) groups is 2. The first-order valence-electron chi connectivity index (χ1n) is 36.5. The van der Waals surface area contributed by atoms with Crippen molar-refractivity contribution in [3.8, 4) is 0 Å². The maximum absolute atomic E-state index is 12.9. The molecule has 10 heteroatoms. The second-order valence-electron chi connectivity index (χ2n) is 25.9. The van der Waals surface area contributed by atoms with E-state index in [1.165, 1.54) is 250 Å². The summed E-state index contributed by atoms with van der Waals surface area (Å²) in [7, 11) is 1.18. The smallest absolute Gasteiger partial charge is 0.306 e. The van der Waals surface area contributed by atoms with Gasteiger partial charge in [-0.3, -0.25) is 14.2 Å². The van der Waals surface area contributed by atoms with Crippen LogP contribution in [0.5, 0.6) is 0 Å². The molecule has 0 aliphatic heterocycles. The summed E-state index contributed by atoms with van der Waals surface area (Å²) >= 11 is 0. The molecule has 0 bridgehead atoms. The number of carbonyl (C=O) groups excluding carboxylic acids is 2. The molecule has 2 atom stereocenters. The lowest BCUT2D eigenvalue weighted by Gasteiger charge is -2.28. The van der Waals surface area contributed by atoms with Crippen LogP contribution in [0.1, 0.15) is 354 Å². The quantitative estimate of drug-likeness (QED) is 0.0195. The zero-order chi connectivity index (χ0) is 61.9. The average Bonchev–Trinajstić information content (AvgIpc) is 3.50. The number of ether oxygens (including phenoxy) is 2. The molecule has 0 amide bonds. The highest BCUT2D eigenvalue weighted by molar-refractivity contribution is 7.45. The minimum absolute atomic E-state index is 0.0297. The minimum Gasteiger partial charge on any atom is -0.756 e. The first-order chi connectivity index (χ1) is 41.5. The maximum Gasteiger partial charge on any atom is 0.306 e. The molecule has 0 spiro atoms. The van der Waals surface area contributed by atoms with E-state index in [2.05, 4.69) is 74.6 Å². The van der Waals surface area contributed by atoms with Gasteiger partial charge in [0.15, 0.2) is 6.10 Å². The predicted octanol–water partition coefficient (Wildman–Crippen LogP) is 23.1. The second kappa shape index (κ2) is 66.1. The van der Waals surface area contributed by atoms with E-state index in [0.717, 1.165) is 70.6 Å². The fraction of sp³-hybridized carbons (Fsp3) is 0.840. The highest BCUT2D eigenvalue weighted by atomic mass is 31.2. The van der Waals surface area contributed by atoms with Gasteiger partial charge in [0.1, 0.15) is 19.8 Å². The van der Waals surface area contributed by atoms with Crippen LogP contribution in [0.4, 0.5) is 0 Å². The number of unbranched alkanes of at least 4 members (excludes halogenated alkanes) is 44. The summed E-state index contributed by atoms with van der Waals surface area (Å²) in [5.74, 6) is -0.815. The number of quaternary nitrogens is 1. The number of nitrogens with zero attached hydrogens (tertiary/aromatic N) is 1. The number of phosphoric ester groups is 1. The van der Waals surface area contributed by atoms with Crippen LogP contribution in [0.25, 0.3) is 0 Å². The maximum atomic E-state index is 12.9. The lowest BCUT2D eigenvalue weighted by atomic mass is 10.0. The number of allylic oxidation sites excluding steroid dienone is 10. The van der Waals surface area contributed by atoms with Crippen LogP contribution in [0.3, 0.4) is 0 Å². The van der Waals surface area contributed by atoms with Gasteiger partial charge in [-0.1, -0.05) is 344 Å². The molecule has 9 nitrogen and oxygen atoms in total. The van der Waals surface area contributed by atoms with E-state index in [1.54, 1.807) is 0 Å². The van der Waals surface area contributed by atoms with E-state index >= 15 is 0 Å². The van der Waals surface area contributed by atoms with Crippen LogP contribution in [0.2, 0.25) is 0 Å². The van der Waals surface area contributed by atoms with E-state index in [0.29, 0.717) is 17.4 Å². The molecular weight excluding hydrogens is 1070 g/mol. The van der Waals surface area contributed by atoms with Crippen LogP contribution in [-0.4, -0.2) is 70.0 Å². The van der Waals surface area contributed by atoms with Gasteiger partial charge in [0, 0.05) is 12.8 Å². The molecule has 498 valence electrons. The number of likely N-dealkylation sites (N-methyl/N-ethyl adjacent to an activating group) is 1. The minimum atomic E-state index is -4.64. The molecule has 0 aliphatic carbocycles. The van der Waals surface area contributed by atoms with Gasteiger partial charge >= 0.3 is 11.9 Å². The van der Waals surface area contributed by atoms with Gasteiger partial charge in [-0.2, -0.15) is 0 Å². The first-order valence-corrected chi connectivity index (χ1v) is 38.0. The Hall–Kier alpha value is -2.29. The number of hydrogen-bond donors (Lipinski definition) is 0. The molecule has 2 unspecified atom stereocenters. The third kappa shape index (κ3) is 70.7. The van der Waals surface area contributed by atoms with Crippen LogP contribution in [-0.2, 0) is 32.7 Å². The number of esters is 2. The van der Waals surface area contributed by atoms with E-state index < -0.39 is 26.5 Å². The van der Waals surface area contributed by atoms with Crippen molar-refractivity contribution >= 4 is 19.8 Å². The Kier molecular flexibility index (Phi) is 64.4. The molecule has 0 aromatic heterocycles. The molecule has 0 radical (unpaired) electrons. The van der Waals surface area contributed by atoms with Gasteiger partial charge in [0.05, 0.1) is 27.7 Å². The molecule has 0 heterocycles. The van der Waals surface area contributed by atoms with Crippen molar-refractivity contribution in [3.63, 3.8) is 0 Å². The Morgan fingerprint density at radius 2 is 0.671 bits per heavy atom. The average molecular weight is 1210 g/mol. The summed E-state index contributed by atoms with van der Waals surface area (Å²) in [6.07, 6.45) is 87.4. The topological polar surface area (TPSA) is 111 Å². The van der Waals surface area contributed by atoms with Gasteiger partial charge in [-0.05, 0) is 57.8 Å². The largest absolute Gasteiger partial charge is 0.756 e. The molecule has 0 saturated heterocycles. The van der Waals surface area contributed by atoms with Gasteiger partial charge in [0.2, 0.25) is 0 Å². The van der Waals surface area contributed by atoms with Crippen molar-refractivity contribution in [2.24, 2.45) is 0 Å². The highest BCUT2D eigenvalue weighted by Gasteiger charge is 2.22. The molecule has 0 fully saturated rings. The first kappa shape index (κ1) is 82.7. The molecular formula is C75H140NO8P. The summed E-state index contributed by atoms with van der Waals surface area (Å²) in [5.41, 5.74) is 0. The van der Waals surface area contributed by atoms with Crippen molar-refractivity contribution in [3.05, 3.63) is 60.8 Å². The second-order valence-corrected chi connectivity index (χ2v) is 27.3. The third-order valence-corrected chi connectivity index (χ3v) is 17.3. The SMILES string of the molecule is CC/C=C\C/C=C\C/C=C\C/C=C\C/C=C\CCCCCCCCCCCCCCCCCC(=O)OC(COC(=O)CCCCCCCCCCCCCCCCCCCCCCCCCCCCCCCC)COP(=O)([O-])OCC[N+](C)(C)C. The van der Waals surface area contributed by atoms with Crippen molar-refractivity contribution in [2.45, 2.75) is 360 Å². The Bertz CT molecular complexity index is 1620. The Morgan fingerprint density at radius 3 is 1.00 bits per heavy atom. The molecule has 0 rings (SSSR count). The summed E-state index contributed by atoms with van der Waals surface area (Å²) in [4.78, 5) is 38.1. The van der Waals surface area contributed by atoms with E-state index in [9.17, 15) is 19.0 Å². The summed E-state index contributed by atoms with van der Waals surface area (Å²) in [5, 5.41) is 0. The molecule has 85 heavy (non-hydrogen) atoms. The van der Waals surface area contributed by atoms with E-state index in [4.69, 9.17) is 18.5 Å². The Labute approximate surface area is 527 Å². The normalized spacial score (nSPS) is 13.4. The summed E-state index contributed by atoms with van der Waals surface area (Å²) in [6, 6.07) is 0. The number of hydrogen-bond acceptors (Lipinski definition) is 8. The lowest BCUT2D eigenvalue weighted by Crippen LogP contribution is -2.37. The molecule has 0 aromatic rings. The Morgan fingerprint density at radius 1 is 0.376 bits per heavy atom. The van der Waals surface area contributed by atoms with Crippen LogP contribution in [0.15, 0.2) is 60.8 Å². The highest BCUT2D eigenvalue weighted by Crippen LogP contribution is 2.38. The fourth-order valence-corrected chi connectivity index (χ4v) is 11.5. The zero-order valence-electron chi connectivity index (χ0n) is 56.8. The van der Waals surface area contributed by atoms with Crippen LogP contribution in [0, 0.1) is 0 Å². The lowest BCUT2D eigenvalue weighted by molar-refractivity contribution is -0.870. The molecule has 0 aromatic carbocycles. The standard InChI is InChI=1S/C75H140NO8P/c1-6-8-10-12-14-16-18-20-22-24-26-28-30-32-34-36-38-40-42-44-46-48-50-52-54-56-58-60-62-64-66-68-75(78)84-73(72-83-85(79,80)82-70-69-76(3,4)5)71-81-74(77)67-65-63-61-59-57-55-53-51-49-47-45-43-41-39-37-35-33-31-29-27-25-23-21-19-17-15-13-11-9-7-2/h8,10,14,16,20,22,26,28,32,34,73H,6-7,9,11-13,15,17-19,21,23-25,27,29-31,33,35-72H2,1-5H3/b10-8-,16-14-,22-20-,28-26-,34-32-. The van der Waals surface area contributed by atoms with Crippen LogP contribution >= 0.6 is 7.82 Å². The molecule has 0 N–H and O–H groups in total. The van der Waals surface area contributed by atoms with E-state index in [-0.39, 0.29) is 32.0 Å². The zero-order valence-corrected chi connectivity index (χ0v) is 57.7. The molecule has 0 saturated carbocycles. The van der Waals surface area contributed by atoms with E-state index in [1.807, 2.05) is 21.1 Å². The van der Waals surface area contributed by atoms with Crippen molar-refractivity contribution in [2.75, 3.05) is 47.5 Å². The van der Waals surface area contributed by atoms with Gasteiger partial charge in [-0.25, -0.2) is 0 Å². The van der Waals surface area contributed by atoms with Gasteiger partial charge in [-0.15, -0.1) is 0 Å². The van der Waals surface area contributed by atoms with Crippen LogP contribution < -0.4 is 4.89 Å². The van der Waals surface area contributed by atoms with Crippen molar-refractivity contribution in [1.82, 2.24) is 0 Å². The summed E-state index contributed by atoms with van der Waals surface area (Å²) < 4.78 is 34.4. The van der Waals surface area contributed by atoms with Crippen molar-refractivity contribution in [1.29, 1.82) is 0 Å². The Balaban J connectivity index is 3.99. The fourth-order valence-electron chi connectivity index (χ4n) is 10.7.